The molecule has 0 spiro atoms. The van der Waals surface area contributed by atoms with Crippen LogP contribution < -0.4 is 16.2 Å². The number of hydrogen-bond donors (Lipinski definition) is 7. The van der Waals surface area contributed by atoms with E-state index < -0.39 is 33.4 Å². The molecule has 4 rings (SSSR count). The molecule has 7 atom stereocenters. The fourth-order valence-corrected chi connectivity index (χ4v) is 7.03. The van der Waals surface area contributed by atoms with Crippen LogP contribution in [0.25, 0.3) is 0 Å². The molecule has 4 aliphatic rings. The van der Waals surface area contributed by atoms with Crippen molar-refractivity contribution in [3.05, 3.63) is 48.1 Å². The van der Waals surface area contributed by atoms with Crippen molar-refractivity contribution in [1.29, 1.82) is 0 Å². The van der Waals surface area contributed by atoms with Crippen LogP contribution in [0.3, 0.4) is 0 Å². The summed E-state index contributed by atoms with van der Waals surface area (Å²) in [7, 11) is -3.01. The number of thioether (sulfide) groups is 1. The molecule has 138 valence electrons. The summed E-state index contributed by atoms with van der Waals surface area (Å²) in [5.41, 5.74) is 6.39. The Labute approximate surface area is 152 Å². The van der Waals surface area contributed by atoms with Crippen molar-refractivity contribution in [3.8, 4) is 0 Å². The van der Waals surface area contributed by atoms with Crippen LogP contribution in [0.1, 0.15) is 0 Å². The van der Waals surface area contributed by atoms with Crippen molar-refractivity contribution in [2.24, 2.45) is 11.8 Å². The Balaban J connectivity index is 1.58. The summed E-state index contributed by atoms with van der Waals surface area (Å²) >= 11 is 1.58. The molecular weight excluding hydrogens is 362 g/mol. The van der Waals surface area contributed by atoms with E-state index in [9.17, 15) is 19.3 Å². The van der Waals surface area contributed by atoms with Gasteiger partial charge in [0.1, 0.15) is 11.7 Å². The Hall–Kier alpha value is -0.620. The number of hydrazine groups is 1. The Kier molecular flexibility index (Phi) is 4.86. The van der Waals surface area contributed by atoms with Gasteiger partial charge in [-0.3, -0.25) is 14.4 Å². The van der Waals surface area contributed by atoms with Crippen LogP contribution in [0, 0.1) is 11.8 Å². The number of allylic oxidation sites excluding steroid dienone is 2. The number of aliphatic hydroxyl groups excluding tert-OH is 2. The number of aliphatic hydroxyl groups is 2. The smallest absolute Gasteiger partial charge is 0.132 e. The summed E-state index contributed by atoms with van der Waals surface area (Å²) in [4.78, 5) is 0. The van der Waals surface area contributed by atoms with Crippen LogP contribution in [-0.4, -0.2) is 53.5 Å². The lowest BCUT2D eigenvalue weighted by atomic mass is 9.81. The molecule has 0 bridgehead atoms. The fraction of sp³-hybridized carbons (Fsp3) is 0.500. The molecule has 0 aromatic carbocycles. The first-order valence-corrected chi connectivity index (χ1v) is 10.9. The van der Waals surface area contributed by atoms with Gasteiger partial charge in [-0.2, -0.15) is 10.6 Å². The predicted octanol–water partition coefficient (Wildman–Crippen LogP) is 0.693. The quantitative estimate of drug-likeness (QED) is 0.355. The summed E-state index contributed by atoms with van der Waals surface area (Å²) in [5, 5.41) is 23.1. The van der Waals surface area contributed by atoms with E-state index in [1.54, 1.807) is 42.1 Å². The third-order valence-electron chi connectivity index (χ3n) is 5.14. The lowest BCUT2D eigenvalue weighted by Crippen LogP contribution is -2.52. The van der Waals surface area contributed by atoms with Gasteiger partial charge < -0.3 is 10.2 Å². The molecule has 2 heterocycles. The Morgan fingerprint density at radius 3 is 2.68 bits per heavy atom. The highest BCUT2D eigenvalue weighted by Crippen LogP contribution is 2.62. The maximum absolute atomic E-state index is 10.9. The van der Waals surface area contributed by atoms with E-state index in [0.717, 1.165) is 5.88 Å². The third kappa shape index (κ3) is 3.14. The van der Waals surface area contributed by atoms with Gasteiger partial charge in [0.2, 0.25) is 0 Å². The maximum Gasteiger partial charge on any atom is 0.132 e. The molecular formula is C16H23N3O4S2. The Morgan fingerprint density at radius 2 is 1.92 bits per heavy atom. The SMILES string of the molecule is OC(NC1NNCS1)C1=CC2C(C=C1)C(O)C1C=CC=CC1S2(O)O. The van der Waals surface area contributed by atoms with Crippen LogP contribution in [0.5, 0.6) is 0 Å². The van der Waals surface area contributed by atoms with Gasteiger partial charge in [0.15, 0.2) is 0 Å². The first-order valence-electron chi connectivity index (χ1n) is 8.21. The number of fused-ring (bicyclic) bond motifs is 2. The zero-order valence-electron chi connectivity index (χ0n) is 13.4. The van der Waals surface area contributed by atoms with Crippen molar-refractivity contribution in [2.75, 3.05) is 5.88 Å². The molecule has 0 saturated carbocycles. The van der Waals surface area contributed by atoms with Gasteiger partial charge in [-0.15, -0.1) is 11.8 Å². The standard InChI is InChI=1S/C16H23N3O4S2/c20-14-10-3-1-2-4-12(10)25(22,23)13-7-9(5-6-11(13)14)15(21)18-16-19-17-8-24-16/h1-7,10-23H,8H2. The van der Waals surface area contributed by atoms with Crippen molar-refractivity contribution in [1.82, 2.24) is 16.2 Å². The molecule has 0 aromatic heterocycles. The summed E-state index contributed by atoms with van der Waals surface area (Å²) in [5.74, 6) is 0.0580. The highest BCUT2D eigenvalue weighted by molar-refractivity contribution is 8.25. The van der Waals surface area contributed by atoms with Gasteiger partial charge in [0, 0.05) is 11.8 Å². The summed E-state index contributed by atoms with van der Waals surface area (Å²) < 4.78 is 21.8. The Morgan fingerprint density at radius 1 is 1.16 bits per heavy atom. The van der Waals surface area contributed by atoms with E-state index in [2.05, 4.69) is 16.2 Å². The lowest BCUT2D eigenvalue weighted by molar-refractivity contribution is 0.0786. The molecule has 2 aliphatic heterocycles. The van der Waals surface area contributed by atoms with Gasteiger partial charge >= 0.3 is 0 Å². The summed E-state index contributed by atoms with van der Waals surface area (Å²) in [6.45, 7) is 0. The maximum atomic E-state index is 10.9. The fourth-order valence-electron chi connectivity index (χ4n) is 3.84. The molecule has 7 nitrogen and oxygen atoms in total. The topological polar surface area (TPSA) is 117 Å². The Bertz CT molecular complexity index is 645. The molecule has 2 aliphatic carbocycles. The third-order valence-corrected chi connectivity index (χ3v) is 8.56. The van der Waals surface area contributed by atoms with E-state index in [1.165, 1.54) is 0 Å². The first kappa shape index (κ1) is 17.8. The van der Waals surface area contributed by atoms with E-state index in [-0.39, 0.29) is 17.3 Å². The summed E-state index contributed by atoms with van der Waals surface area (Å²) in [6, 6.07) is 0. The van der Waals surface area contributed by atoms with Gasteiger partial charge in [0.25, 0.3) is 0 Å². The van der Waals surface area contributed by atoms with Crippen molar-refractivity contribution in [2.45, 2.75) is 28.3 Å². The lowest BCUT2D eigenvalue weighted by Gasteiger charge is -2.56. The van der Waals surface area contributed by atoms with E-state index in [1.807, 2.05) is 12.2 Å². The molecule has 2 fully saturated rings. The van der Waals surface area contributed by atoms with Gasteiger partial charge in [-0.1, -0.05) is 42.5 Å². The largest absolute Gasteiger partial charge is 0.392 e. The molecule has 0 aromatic rings. The van der Waals surface area contributed by atoms with E-state index in [4.69, 9.17) is 0 Å². The number of hydrogen-bond acceptors (Lipinski definition) is 8. The van der Waals surface area contributed by atoms with Crippen LogP contribution >= 0.6 is 22.4 Å². The first-order chi connectivity index (χ1) is 12.0. The molecule has 7 unspecified atom stereocenters. The van der Waals surface area contributed by atoms with Crippen LogP contribution in [0.15, 0.2) is 48.1 Å². The van der Waals surface area contributed by atoms with Gasteiger partial charge in [-0.25, -0.2) is 10.9 Å². The minimum Gasteiger partial charge on any atom is -0.392 e. The average Bonchev–Trinajstić information content (AvgIpc) is 3.12. The predicted molar refractivity (Wildman–Crippen MR) is 101 cm³/mol. The monoisotopic (exact) mass is 385 g/mol. The minimum atomic E-state index is -3.01. The number of nitrogens with one attached hydrogen (secondary N) is 3. The minimum absolute atomic E-state index is 0.130. The average molecular weight is 386 g/mol. The van der Waals surface area contributed by atoms with Gasteiger partial charge in [-0.05, 0) is 5.57 Å². The van der Waals surface area contributed by atoms with Gasteiger partial charge in [0.05, 0.1) is 22.5 Å². The molecule has 9 heteroatoms. The second-order valence-electron chi connectivity index (χ2n) is 6.59. The zero-order chi connectivity index (χ0) is 17.6. The zero-order valence-corrected chi connectivity index (χ0v) is 15.0. The molecule has 7 N–H and O–H groups in total. The van der Waals surface area contributed by atoms with Crippen LogP contribution in [0.4, 0.5) is 0 Å². The van der Waals surface area contributed by atoms with Crippen molar-refractivity contribution in [3.63, 3.8) is 0 Å². The highest BCUT2D eigenvalue weighted by Gasteiger charge is 2.51. The van der Waals surface area contributed by atoms with Crippen LogP contribution in [-0.2, 0) is 0 Å². The van der Waals surface area contributed by atoms with E-state index >= 15 is 0 Å². The molecule has 0 amide bonds. The van der Waals surface area contributed by atoms with Crippen LogP contribution in [0.2, 0.25) is 0 Å². The second kappa shape index (κ2) is 6.84. The molecule has 2 saturated heterocycles. The normalized spacial score (nSPS) is 43.9. The van der Waals surface area contributed by atoms with Crippen molar-refractivity contribution >= 4 is 22.4 Å². The summed E-state index contributed by atoms with van der Waals surface area (Å²) in [6.07, 6.45) is 10.9. The number of rotatable bonds is 3. The highest BCUT2D eigenvalue weighted by atomic mass is 32.3. The molecule has 25 heavy (non-hydrogen) atoms. The van der Waals surface area contributed by atoms with Crippen molar-refractivity contribution < 1.29 is 19.3 Å². The second-order valence-corrected chi connectivity index (χ2v) is 10.1. The van der Waals surface area contributed by atoms with E-state index in [0.29, 0.717) is 5.57 Å². The molecule has 0 radical (unpaired) electrons.